The van der Waals surface area contributed by atoms with Crippen LogP contribution in [0.25, 0.3) is 0 Å². The van der Waals surface area contributed by atoms with E-state index in [1.807, 2.05) is 4.90 Å². The van der Waals surface area contributed by atoms with Gasteiger partial charge in [0.15, 0.2) is 0 Å². The molecule has 0 aromatic carbocycles. The van der Waals surface area contributed by atoms with Crippen molar-refractivity contribution in [1.29, 1.82) is 0 Å². The van der Waals surface area contributed by atoms with Gasteiger partial charge in [0.2, 0.25) is 5.91 Å². The molecule has 0 bridgehead atoms. The zero-order valence-corrected chi connectivity index (χ0v) is 9.71. The Morgan fingerprint density at radius 3 is 2.56 bits per heavy atom. The minimum atomic E-state index is 0.111. The van der Waals surface area contributed by atoms with E-state index in [4.69, 9.17) is 5.73 Å². The average molecular weight is 224 g/mol. The third-order valence-electron chi connectivity index (χ3n) is 3.91. The van der Waals surface area contributed by atoms with Crippen LogP contribution in [0, 0.1) is 5.41 Å². The molecule has 2 aliphatic rings. The summed E-state index contributed by atoms with van der Waals surface area (Å²) in [5.74, 6) is 0.612. The highest BCUT2D eigenvalue weighted by Gasteiger charge is 2.44. The standard InChI is InChI=1S/C12H20N2O2/c13-6-1-7-14-9-12(8-11(14)16)4-2-10(15)3-5-12/h1-9,13H2. The van der Waals surface area contributed by atoms with Crippen LogP contribution in [-0.2, 0) is 9.59 Å². The molecule has 4 heteroatoms. The van der Waals surface area contributed by atoms with E-state index in [9.17, 15) is 9.59 Å². The van der Waals surface area contributed by atoms with Gasteiger partial charge in [0, 0.05) is 32.4 Å². The van der Waals surface area contributed by atoms with Gasteiger partial charge in [-0.1, -0.05) is 0 Å². The fraction of sp³-hybridized carbons (Fsp3) is 0.833. The van der Waals surface area contributed by atoms with Crippen LogP contribution in [0.3, 0.4) is 0 Å². The summed E-state index contributed by atoms with van der Waals surface area (Å²) in [7, 11) is 0. The Hall–Kier alpha value is -0.900. The summed E-state index contributed by atoms with van der Waals surface area (Å²) in [6.07, 6.45) is 4.65. The summed E-state index contributed by atoms with van der Waals surface area (Å²) in [6, 6.07) is 0. The normalized spacial score (nSPS) is 24.4. The predicted octanol–water partition coefficient (Wildman–Crippen LogP) is 0.697. The summed E-state index contributed by atoms with van der Waals surface area (Å²) >= 11 is 0. The smallest absolute Gasteiger partial charge is 0.223 e. The van der Waals surface area contributed by atoms with Gasteiger partial charge in [-0.15, -0.1) is 0 Å². The van der Waals surface area contributed by atoms with Gasteiger partial charge >= 0.3 is 0 Å². The highest BCUT2D eigenvalue weighted by Crippen LogP contribution is 2.43. The Morgan fingerprint density at radius 2 is 1.94 bits per heavy atom. The van der Waals surface area contributed by atoms with Crippen LogP contribution in [0.15, 0.2) is 0 Å². The average Bonchev–Trinajstić information content (AvgIpc) is 2.58. The quantitative estimate of drug-likeness (QED) is 0.767. The van der Waals surface area contributed by atoms with E-state index in [-0.39, 0.29) is 11.3 Å². The number of nitrogens with two attached hydrogens (primary N) is 1. The topological polar surface area (TPSA) is 63.4 Å². The molecule has 2 N–H and O–H groups in total. The molecular formula is C12H20N2O2. The summed E-state index contributed by atoms with van der Waals surface area (Å²) in [6.45, 7) is 2.26. The van der Waals surface area contributed by atoms with Crippen LogP contribution in [0.4, 0.5) is 0 Å². The molecular weight excluding hydrogens is 204 g/mol. The number of hydrogen-bond donors (Lipinski definition) is 1. The molecule has 90 valence electrons. The second kappa shape index (κ2) is 4.53. The zero-order chi connectivity index (χ0) is 11.6. The SMILES string of the molecule is NCCCN1CC2(CCC(=O)CC2)CC1=O. The fourth-order valence-electron chi connectivity index (χ4n) is 2.86. The molecule has 1 aliphatic heterocycles. The first-order chi connectivity index (χ1) is 7.65. The number of nitrogens with zero attached hydrogens (tertiary/aromatic N) is 1. The minimum Gasteiger partial charge on any atom is -0.342 e. The van der Waals surface area contributed by atoms with Gasteiger partial charge in [0.05, 0.1) is 0 Å². The summed E-state index contributed by atoms with van der Waals surface area (Å²) in [4.78, 5) is 25.0. The van der Waals surface area contributed by atoms with E-state index in [0.717, 1.165) is 32.4 Å². The molecule has 1 heterocycles. The van der Waals surface area contributed by atoms with Crippen LogP contribution in [-0.4, -0.2) is 36.2 Å². The Kier molecular flexibility index (Phi) is 3.28. The molecule has 1 amide bonds. The van der Waals surface area contributed by atoms with Crippen LogP contribution in [0.5, 0.6) is 0 Å². The van der Waals surface area contributed by atoms with Crippen molar-refractivity contribution >= 4 is 11.7 Å². The molecule has 4 nitrogen and oxygen atoms in total. The Balaban J connectivity index is 1.94. The van der Waals surface area contributed by atoms with E-state index < -0.39 is 0 Å². The molecule has 0 unspecified atom stereocenters. The van der Waals surface area contributed by atoms with Gasteiger partial charge in [-0.3, -0.25) is 9.59 Å². The van der Waals surface area contributed by atoms with Crippen molar-refractivity contribution in [3.63, 3.8) is 0 Å². The van der Waals surface area contributed by atoms with Crippen molar-refractivity contribution in [2.75, 3.05) is 19.6 Å². The van der Waals surface area contributed by atoms with Crippen molar-refractivity contribution < 1.29 is 9.59 Å². The maximum Gasteiger partial charge on any atom is 0.223 e. The third-order valence-corrected chi connectivity index (χ3v) is 3.91. The first kappa shape index (κ1) is 11.6. The number of hydrogen-bond acceptors (Lipinski definition) is 3. The largest absolute Gasteiger partial charge is 0.342 e. The van der Waals surface area contributed by atoms with Crippen molar-refractivity contribution in [2.45, 2.75) is 38.5 Å². The van der Waals surface area contributed by atoms with Crippen LogP contribution in [0.1, 0.15) is 38.5 Å². The highest BCUT2D eigenvalue weighted by atomic mass is 16.2. The van der Waals surface area contributed by atoms with E-state index in [1.54, 1.807) is 0 Å². The molecule has 0 aromatic rings. The molecule has 1 aliphatic carbocycles. The first-order valence-corrected chi connectivity index (χ1v) is 6.15. The highest BCUT2D eigenvalue weighted by molar-refractivity contribution is 5.82. The molecule has 2 rings (SSSR count). The van der Waals surface area contributed by atoms with Crippen molar-refractivity contribution in [1.82, 2.24) is 4.90 Å². The monoisotopic (exact) mass is 224 g/mol. The van der Waals surface area contributed by atoms with Gasteiger partial charge in [0.25, 0.3) is 0 Å². The lowest BCUT2D eigenvalue weighted by Gasteiger charge is -2.31. The summed E-state index contributed by atoms with van der Waals surface area (Å²) in [5.41, 5.74) is 5.57. The molecule has 0 aromatic heterocycles. The fourth-order valence-corrected chi connectivity index (χ4v) is 2.86. The van der Waals surface area contributed by atoms with E-state index in [1.165, 1.54) is 0 Å². The number of amides is 1. The Morgan fingerprint density at radius 1 is 1.25 bits per heavy atom. The molecule has 2 fully saturated rings. The van der Waals surface area contributed by atoms with Gasteiger partial charge in [0.1, 0.15) is 5.78 Å². The van der Waals surface area contributed by atoms with Crippen LogP contribution in [0.2, 0.25) is 0 Å². The van der Waals surface area contributed by atoms with Gasteiger partial charge in [-0.2, -0.15) is 0 Å². The lowest BCUT2D eigenvalue weighted by atomic mass is 9.73. The molecule has 1 spiro atoms. The van der Waals surface area contributed by atoms with Crippen molar-refractivity contribution in [2.24, 2.45) is 11.1 Å². The van der Waals surface area contributed by atoms with Gasteiger partial charge in [-0.25, -0.2) is 0 Å². The predicted molar refractivity (Wildman–Crippen MR) is 60.8 cm³/mol. The lowest BCUT2D eigenvalue weighted by Crippen LogP contribution is -2.33. The van der Waals surface area contributed by atoms with Gasteiger partial charge in [-0.05, 0) is 31.2 Å². The van der Waals surface area contributed by atoms with Gasteiger partial charge < -0.3 is 10.6 Å². The zero-order valence-electron chi connectivity index (χ0n) is 9.71. The number of carbonyl (C=O) groups is 2. The third kappa shape index (κ3) is 2.26. The lowest BCUT2D eigenvalue weighted by molar-refractivity contribution is -0.128. The number of Topliss-reactive ketones (excluding diaryl/α,β-unsaturated/α-hetero) is 1. The molecule has 16 heavy (non-hydrogen) atoms. The summed E-state index contributed by atoms with van der Waals surface area (Å²) < 4.78 is 0. The molecule has 1 saturated heterocycles. The van der Waals surface area contributed by atoms with Crippen molar-refractivity contribution in [3.05, 3.63) is 0 Å². The molecule has 0 atom stereocenters. The molecule has 1 saturated carbocycles. The Labute approximate surface area is 96.2 Å². The maximum atomic E-state index is 11.8. The van der Waals surface area contributed by atoms with Crippen LogP contribution < -0.4 is 5.73 Å². The van der Waals surface area contributed by atoms with Crippen LogP contribution >= 0.6 is 0 Å². The Bertz CT molecular complexity index is 291. The summed E-state index contributed by atoms with van der Waals surface area (Å²) in [5, 5.41) is 0. The number of likely N-dealkylation sites (tertiary alicyclic amines) is 1. The number of rotatable bonds is 3. The number of carbonyl (C=O) groups excluding carboxylic acids is 2. The maximum absolute atomic E-state index is 11.8. The number of ketones is 1. The van der Waals surface area contributed by atoms with E-state index in [2.05, 4.69) is 0 Å². The van der Waals surface area contributed by atoms with E-state index >= 15 is 0 Å². The second-order valence-corrected chi connectivity index (χ2v) is 5.17. The van der Waals surface area contributed by atoms with Crippen molar-refractivity contribution in [3.8, 4) is 0 Å². The molecule has 0 radical (unpaired) electrons. The second-order valence-electron chi connectivity index (χ2n) is 5.17. The van der Waals surface area contributed by atoms with E-state index in [0.29, 0.717) is 31.6 Å². The minimum absolute atomic E-state index is 0.111. The first-order valence-electron chi connectivity index (χ1n) is 6.15.